The van der Waals surface area contributed by atoms with Gasteiger partial charge in [0.2, 0.25) is 5.91 Å². The van der Waals surface area contributed by atoms with Crippen molar-refractivity contribution in [3.8, 4) is 0 Å². The van der Waals surface area contributed by atoms with E-state index < -0.39 is 9.84 Å². The molecule has 2 rings (SSSR count). The molecule has 2 aliphatic rings. The van der Waals surface area contributed by atoms with Crippen LogP contribution in [0, 0.1) is 5.92 Å². The van der Waals surface area contributed by atoms with Gasteiger partial charge in [0, 0.05) is 31.3 Å². The van der Waals surface area contributed by atoms with Gasteiger partial charge in [0.25, 0.3) is 0 Å². The molecule has 0 radical (unpaired) electrons. The monoisotopic (exact) mass is 274 g/mol. The zero-order valence-corrected chi connectivity index (χ0v) is 11.6. The normalized spacial score (nSPS) is 28.3. The van der Waals surface area contributed by atoms with Crippen LogP contribution in [0.1, 0.15) is 32.1 Å². The first-order valence-electron chi connectivity index (χ1n) is 6.68. The first kappa shape index (κ1) is 13.8. The van der Waals surface area contributed by atoms with Crippen molar-refractivity contribution in [1.82, 2.24) is 10.6 Å². The highest BCUT2D eigenvalue weighted by atomic mass is 32.2. The topological polar surface area (TPSA) is 75.3 Å². The number of nitrogens with one attached hydrogen (secondary N) is 2. The summed E-state index contributed by atoms with van der Waals surface area (Å²) in [7, 11) is -2.96. The van der Waals surface area contributed by atoms with Gasteiger partial charge >= 0.3 is 0 Å². The molecular formula is C12H22N2O3S. The first-order valence-corrected chi connectivity index (χ1v) is 8.64. The molecule has 2 unspecified atom stereocenters. The van der Waals surface area contributed by atoms with Crippen molar-refractivity contribution >= 4 is 15.7 Å². The fraction of sp³-hybridized carbons (Fsp3) is 0.917. The highest BCUT2D eigenvalue weighted by molar-refractivity contribution is 7.91. The van der Waals surface area contributed by atoms with Crippen LogP contribution in [0.25, 0.3) is 0 Å². The Morgan fingerprint density at radius 1 is 1.17 bits per heavy atom. The van der Waals surface area contributed by atoms with Crippen LogP contribution in [0.5, 0.6) is 0 Å². The van der Waals surface area contributed by atoms with E-state index in [1.807, 2.05) is 0 Å². The molecule has 0 aromatic heterocycles. The van der Waals surface area contributed by atoms with Gasteiger partial charge in [-0.15, -0.1) is 0 Å². The molecule has 0 heterocycles. The van der Waals surface area contributed by atoms with Crippen molar-refractivity contribution in [2.75, 3.05) is 19.3 Å². The minimum absolute atomic E-state index is 0.0535. The molecule has 18 heavy (non-hydrogen) atoms. The summed E-state index contributed by atoms with van der Waals surface area (Å²) in [4.78, 5) is 11.4. The van der Waals surface area contributed by atoms with Crippen molar-refractivity contribution in [2.24, 2.45) is 5.92 Å². The van der Waals surface area contributed by atoms with Gasteiger partial charge in [-0.3, -0.25) is 4.79 Å². The molecule has 0 bridgehead atoms. The van der Waals surface area contributed by atoms with Crippen LogP contribution in [0.15, 0.2) is 0 Å². The van der Waals surface area contributed by atoms with Crippen molar-refractivity contribution in [1.29, 1.82) is 0 Å². The number of amides is 1. The molecular weight excluding hydrogens is 252 g/mol. The Balaban J connectivity index is 1.67. The number of rotatable bonds is 6. The van der Waals surface area contributed by atoms with E-state index in [-0.39, 0.29) is 23.1 Å². The summed E-state index contributed by atoms with van der Waals surface area (Å²) in [6.45, 7) is 1.23. The smallest absolute Gasteiger partial charge is 0.223 e. The van der Waals surface area contributed by atoms with Gasteiger partial charge in [0.1, 0.15) is 0 Å². The van der Waals surface area contributed by atoms with Crippen molar-refractivity contribution in [3.63, 3.8) is 0 Å². The van der Waals surface area contributed by atoms with Crippen LogP contribution in [-0.2, 0) is 14.6 Å². The van der Waals surface area contributed by atoms with Crippen molar-refractivity contribution in [2.45, 2.75) is 43.4 Å². The lowest BCUT2D eigenvalue weighted by atomic mass is 10.2. The number of carbonyl (C=O) groups is 1. The largest absolute Gasteiger partial charge is 0.355 e. The van der Waals surface area contributed by atoms with E-state index in [0.29, 0.717) is 13.1 Å². The molecule has 0 aromatic carbocycles. The van der Waals surface area contributed by atoms with Gasteiger partial charge in [-0.2, -0.15) is 0 Å². The fourth-order valence-corrected chi connectivity index (χ4v) is 4.03. The predicted molar refractivity (Wildman–Crippen MR) is 70.0 cm³/mol. The quantitative estimate of drug-likeness (QED) is 0.672. The summed E-state index contributed by atoms with van der Waals surface area (Å²) < 4.78 is 23.1. The molecule has 1 amide bonds. The number of sulfone groups is 1. The fourth-order valence-electron chi connectivity index (χ4n) is 2.61. The Morgan fingerprint density at radius 3 is 2.50 bits per heavy atom. The highest BCUT2D eigenvalue weighted by Gasteiger charge is 2.34. The van der Waals surface area contributed by atoms with Crippen LogP contribution in [0.4, 0.5) is 0 Å². The lowest BCUT2D eigenvalue weighted by Crippen LogP contribution is -2.43. The lowest BCUT2D eigenvalue weighted by Gasteiger charge is -2.19. The first-order chi connectivity index (χ1) is 8.48. The molecule has 0 aliphatic heterocycles. The van der Waals surface area contributed by atoms with Crippen LogP contribution in [0.2, 0.25) is 0 Å². The highest BCUT2D eigenvalue weighted by Crippen LogP contribution is 2.28. The molecule has 2 saturated carbocycles. The molecule has 2 N–H and O–H groups in total. The molecule has 104 valence electrons. The average Bonchev–Trinajstić information content (AvgIpc) is 3.02. The van der Waals surface area contributed by atoms with Gasteiger partial charge < -0.3 is 10.6 Å². The maximum absolute atomic E-state index is 11.6. The van der Waals surface area contributed by atoms with E-state index in [0.717, 1.165) is 32.1 Å². The van der Waals surface area contributed by atoms with Crippen molar-refractivity contribution in [3.05, 3.63) is 0 Å². The zero-order valence-electron chi connectivity index (χ0n) is 10.8. The third-order valence-corrected chi connectivity index (χ3v) is 5.45. The molecule has 2 atom stereocenters. The lowest BCUT2D eigenvalue weighted by molar-refractivity contribution is -0.122. The third-order valence-electron chi connectivity index (χ3n) is 3.78. The molecule has 2 fully saturated rings. The molecule has 2 aliphatic carbocycles. The number of hydrogen-bond acceptors (Lipinski definition) is 4. The number of carbonyl (C=O) groups excluding carboxylic acids is 1. The Morgan fingerprint density at radius 2 is 1.89 bits per heavy atom. The molecule has 6 heteroatoms. The summed E-state index contributed by atoms with van der Waals surface area (Å²) in [6, 6.07) is 0.0535. The maximum Gasteiger partial charge on any atom is 0.223 e. The SMILES string of the molecule is CS(=O)(=O)C1CCCC1NCCNC(=O)C1CC1. The average molecular weight is 274 g/mol. The molecule has 0 spiro atoms. The standard InChI is InChI=1S/C12H22N2O3S/c1-18(16,17)11-4-2-3-10(11)13-7-8-14-12(15)9-5-6-9/h9-11,13H,2-8H2,1H3,(H,14,15). The Labute approximate surface area is 109 Å². The third kappa shape index (κ3) is 3.68. The summed E-state index contributed by atoms with van der Waals surface area (Å²) in [5.41, 5.74) is 0. The van der Waals surface area contributed by atoms with E-state index in [1.54, 1.807) is 0 Å². The molecule has 0 saturated heterocycles. The summed E-state index contributed by atoms with van der Waals surface area (Å²) in [5.74, 6) is 0.378. The Bertz CT molecular complexity index is 404. The van der Waals surface area contributed by atoms with Crippen LogP contribution >= 0.6 is 0 Å². The van der Waals surface area contributed by atoms with Gasteiger partial charge in [0.15, 0.2) is 9.84 Å². The van der Waals surface area contributed by atoms with E-state index in [4.69, 9.17) is 0 Å². The van der Waals surface area contributed by atoms with Crippen LogP contribution in [0.3, 0.4) is 0 Å². The van der Waals surface area contributed by atoms with Crippen LogP contribution in [-0.4, -0.2) is 45.0 Å². The summed E-state index contributed by atoms with van der Waals surface area (Å²) in [6.07, 6.45) is 5.96. The van der Waals surface area contributed by atoms with E-state index in [1.165, 1.54) is 6.26 Å². The second kappa shape index (κ2) is 5.57. The van der Waals surface area contributed by atoms with Gasteiger partial charge in [-0.05, 0) is 25.7 Å². The van der Waals surface area contributed by atoms with E-state index >= 15 is 0 Å². The Kier molecular flexibility index (Phi) is 4.27. The van der Waals surface area contributed by atoms with Crippen LogP contribution < -0.4 is 10.6 Å². The van der Waals surface area contributed by atoms with E-state index in [2.05, 4.69) is 10.6 Å². The minimum Gasteiger partial charge on any atom is -0.355 e. The predicted octanol–water partition coefficient (Wildman–Crippen LogP) is 0.0679. The summed E-state index contributed by atoms with van der Waals surface area (Å²) >= 11 is 0. The van der Waals surface area contributed by atoms with Gasteiger partial charge in [-0.1, -0.05) is 6.42 Å². The van der Waals surface area contributed by atoms with E-state index in [9.17, 15) is 13.2 Å². The van der Waals surface area contributed by atoms with Gasteiger partial charge in [0.05, 0.1) is 5.25 Å². The zero-order chi connectivity index (χ0) is 13.2. The number of hydrogen-bond donors (Lipinski definition) is 2. The second-order valence-corrected chi connectivity index (χ2v) is 7.69. The molecule has 0 aromatic rings. The Hall–Kier alpha value is -0.620. The maximum atomic E-state index is 11.6. The minimum atomic E-state index is -2.96. The molecule has 5 nitrogen and oxygen atoms in total. The summed E-state index contributed by atoms with van der Waals surface area (Å²) in [5, 5.41) is 5.88. The second-order valence-electron chi connectivity index (χ2n) is 5.42. The van der Waals surface area contributed by atoms with Gasteiger partial charge in [-0.25, -0.2) is 8.42 Å². The van der Waals surface area contributed by atoms with Crippen molar-refractivity contribution < 1.29 is 13.2 Å².